The lowest BCUT2D eigenvalue weighted by atomic mass is 9.94. The van der Waals surface area contributed by atoms with Crippen LogP contribution < -0.4 is 0 Å². The topological polar surface area (TPSA) is 39.4 Å². The van der Waals surface area contributed by atoms with Crippen LogP contribution in [0.2, 0.25) is 0 Å². The van der Waals surface area contributed by atoms with Crippen LogP contribution in [-0.4, -0.2) is 35.5 Å². The summed E-state index contributed by atoms with van der Waals surface area (Å²) in [6, 6.07) is 1.20. The van der Waals surface area contributed by atoms with E-state index in [1.165, 1.54) is 6.07 Å². The summed E-state index contributed by atoms with van der Waals surface area (Å²) >= 11 is 0. The SMILES string of the molecule is FC(F)(F)c1cnc2c(c1)c(C1COC1)c1n2CCN=C1. The molecule has 2 aromatic heterocycles. The molecule has 0 spiro atoms. The molecule has 0 atom stereocenters. The molecule has 0 unspecified atom stereocenters. The van der Waals surface area contributed by atoms with Crippen LogP contribution in [0.4, 0.5) is 13.2 Å². The first-order valence-electron chi connectivity index (χ1n) is 6.72. The van der Waals surface area contributed by atoms with Gasteiger partial charge < -0.3 is 9.30 Å². The molecule has 110 valence electrons. The van der Waals surface area contributed by atoms with E-state index in [-0.39, 0.29) is 5.92 Å². The van der Waals surface area contributed by atoms with Crippen LogP contribution in [0.25, 0.3) is 11.0 Å². The summed E-state index contributed by atoms with van der Waals surface area (Å²) in [6.45, 7) is 2.35. The van der Waals surface area contributed by atoms with Crippen molar-refractivity contribution in [2.45, 2.75) is 18.6 Å². The van der Waals surface area contributed by atoms with Crippen molar-refractivity contribution < 1.29 is 17.9 Å². The van der Waals surface area contributed by atoms with E-state index in [0.29, 0.717) is 37.3 Å². The fourth-order valence-electron chi connectivity index (χ4n) is 2.93. The van der Waals surface area contributed by atoms with Gasteiger partial charge in [-0.1, -0.05) is 0 Å². The summed E-state index contributed by atoms with van der Waals surface area (Å²) in [5.41, 5.74) is 1.65. The number of aliphatic imine (C=N–C) groups is 1. The number of fused-ring (bicyclic) bond motifs is 3. The van der Waals surface area contributed by atoms with Crippen LogP contribution in [-0.2, 0) is 17.5 Å². The Labute approximate surface area is 118 Å². The van der Waals surface area contributed by atoms with Gasteiger partial charge in [0.15, 0.2) is 0 Å². The van der Waals surface area contributed by atoms with Gasteiger partial charge in [0.25, 0.3) is 0 Å². The van der Waals surface area contributed by atoms with E-state index < -0.39 is 11.7 Å². The van der Waals surface area contributed by atoms with Gasteiger partial charge in [0.2, 0.25) is 0 Å². The van der Waals surface area contributed by atoms with Crippen molar-refractivity contribution >= 4 is 17.2 Å². The summed E-state index contributed by atoms with van der Waals surface area (Å²) in [4.78, 5) is 8.31. The maximum atomic E-state index is 12.9. The Morgan fingerprint density at radius 1 is 1.29 bits per heavy atom. The predicted molar refractivity (Wildman–Crippen MR) is 70.8 cm³/mol. The number of halogens is 3. The van der Waals surface area contributed by atoms with Crippen LogP contribution in [0.3, 0.4) is 0 Å². The fourth-order valence-corrected chi connectivity index (χ4v) is 2.93. The smallest absolute Gasteiger partial charge is 0.380 e. The number of hydrogen-bond donors (Lipinski definition) is 0. The van der Waals surface area contributed by atoms with Crippen LogP contribution in [0.1, 0.15) is 22.7 Å². The molecular formula is C14H12F3N3O. The molecule has 2 aromatic rings. The minimum atomic E-state index is -4.38. The maximum absolute atomic E-state index is 12.9. The van der Waals surface area contributed by atoms with Crippen molar-refractivity contribution in [3.63, 3.8) is 0 Å². The third-order valence-corrected chi connectivity index (χ3v) is 4.02. The average molecular weight is 295 g/mol. The molecule has 1 saturated heterocycles. The van der Waals surface area contributed by atoms with E-state index in [1.54, 1.807) is 6.21 Å². The minimum Gasteiger partial charge on any atom is -0.380 e. The van der Waals surface area contributed by atoms with E-state index >= 15 is 0 Å². The molecule has 4 heterocycles. The standard InChI is InChI=1S/C14H12F3N3O/c15-14(16,17)9-3-10-12(8-6-21-7-8)11-5-18-1-2-20(11)13(10)19-4-9/h3-5,8H,1-2,6-7H2. The first kappa shape index (κ1) is 12.8. The lowest BCUT2D eigenvalue weighted by Crippen LogP contribution is -2.26. The van der Waals surface area contributed by atoms with Crippen molar-refractivity contribution in [3.05, 3.63) is 29.1 Å². The molecule has 0 bridgehead atoms. The summed E-state index contributed by atoms with van der Waals surface area (Å²) in [5, 5.41) is 0.571. The van der Waals surface area contributed by atoms with Gasteiger partial charge >= 0.3 is 6.18 Å². The number of ether oxygens (including phenoxy) is 1. The highest BCUT2D eigenvalue weighted by Gasteiger charge is 2.34. The third kappa shape index (κ3) is 1.87. The number of nitrogens with zero attached hydrogens (tertiary/aromatic N) is 3. The summed E-state index contributed by atoms with van der Waals surface area (Å²) in [5.74, 6) is 0.124. The van der Waals surface area contributed by atoms with Gasteiger partial charge in [-0.05, 0) is 11.6 Å². The molecule has 0 N–H and O–H groups in total. The number of alkyl halides is 3. The molecule has 21 heavy (non-hydrogen) atoms. The quantitative estimate of drug-likeness (QED) is 0.811. The van der Waals surface area contributed by atoms with Gasteiger partial charge in [0.05, 0.1) is 31.0 Å². The van der Waals surface area contributed by atoms with Crippen LogP contribution >= 0.6 is 0 Å². The monoisotopic (exact) mass is 295 g/mol. The van der Waals surface area contributed by atoms with Crippen LogP contribution in [0.5, 0.6) is 0 Å². The molecule has 0 radical (unpaired) electrons. The highest BCUT2D eigenvalue weighted by Crippen LogP contribution is 2.38. The molecule has 2 aliphatic rings. The van der Waals surface area contributed by atoms with Gasteiger partial charge in [-0.2, -0.15) is 13.2 Å². The predicted octanol–water partition coefficient (Wildman–Crippen LogP) is 2.60. The Kier molecular flexibility index (Phi) is 2.63. The van der Waals surface area contributed by atoms with Gasteiger partial charge in [-0.3, -0.25) is 4.99 Å². The van der Waals surface area contributed by atoms with Crippen molar-refractivity contribution in [1.29, 1.82) is 0 Å². The normalized spacial score (nSPS) is 18.8. The number of rotatable bonds is 1. The molecule has 0 aliphatic carbocycles. The Bertz CT molecular complexity index is 744. The second-order valence-electron chi connectivity index (χ2n) is 5.31. The second-order valence-corrected chi connectivity index (χ2v) is 5.31. The zero-order chi connectivity index (χ0) is 14.6. The Balaban J connectivity index is 2.00. The van der Waals surface area contributed by atoms with E-state index in [9.17, 15) is 13.2 Å². The van der Waals surface area contributed by atoms with Gasteiger partial charge in [0.1, 0.15) is 5.65 Å². The number of aromatic nitrogens is 2. The molecule has 4 nitrogen and oxygen atoms in total. The Morgan fingerprint density at radius 3 is 2.76 bits per heavy atom. The highest BCUT2D eigenvalue weighted by atomic mass is 19.4. The largest absolute Gasteiger partial charge is 0.417 e. The maximum Gasteiger partial charge on any atom is 0.417 e. The lowest BCUT2D eigenvalue weighted by Gasteiger charge is -2.27. The Hall–Kier alpha value is -1.89. The van der Waals surface area contributed by atoms with Crippen molar-refractivity contribution in [3.8, 4) is 0 Å². The van der Waals surface area contributed by atoms with E-state index in [0.717, 1.165) is 17.5 Å². The first-order valence-corrected chi connectivity index (χ1v) is 6.72. The summed E-state index contributed by atoms with van der Waals surface area (Å²) in [7, 11) is 0. The third-order valence-electron chi connectivity index (χ3n) is 4.02. The number of pyridine rings is 1. The summed E-state index contributed by atoms with van der Waals surface area (Å²) in [6.07, 6.45) is -1.74. The minimum absolute atomic E-state index is 0.124. The fraction of sp³-hybridized carbons (Fsp3) is 0.429. The van der Waals surface area contributed by atoms with E-state index in [2.05, 4.69) is 9.98 Å². The molecule has 0 aromatic carbocycles. The molecular weight excluding hydrogens is 283 g/mol. The van der Waals surface area contributed by atoms with Gasteiger partial charge in [-0.15, -0.1) is 0 Å². The molecule has 2 aliphatic heterocycles. The zero-order valence-electron chi connectivity index (χ0n) is 11.0. The molecule has 4 rings (SSSR count). The van der Waals surface area contributed by atoms with Crippen LogP contribution in [0, 0.1) is 0 Å². The Morgan fingerprint density at radius 2 is 2.10 bits per heavy atom. The first-order chi connectivity index (χ1) is 10.1. The van der Waals surface area contributed by atoms with E-state index in [4.69, 9.17) is 4.74 Å². The van der Waals surface area contributed by atoms with Crippen LogP contribution in [0.15, 0.2) is 17.3 Å². The molecule has 1 fully saturated rings. The zero-order valence-corrected chi connectivity index (χ0v) is 11.0. The van der Waals surface area contributed by atoms with Gasteiger partial charge in [-0.25, -0.2) is 4.98 Å². The molecule has 0 amide bonds. The summed E-state index contributed by atoms with van der Waals surface area (Å²) < 4.78 is 45.9. The average Bonchev–Trinajstić information content (AvgIpc) is 2.71. The number of hydrogen-bond acceptors (Lipinski definition) is 3. The van der Waals surface area contributed by atoms with Gasteiger partial charge in [0, 0.05) is 30.3 Å². The molecule has 7 heteroatoms. The molecule has 0 saturated carbocycles. The van der Waals surface area contributed by atoms with Crippen molar-refractivity contribution in [1.82, 2.24) is 9.55 Å². The highest BCUT2D eigenvalue weighted by molar-refractivity contribution is 5.94. The van der Waals surface area contributed by atoms with Crippen molar-refractivity contribution in [2.24, 2.45) is 4.99 Å². The second kappa shape index (κ2) is 4.30. The van der Waals surface area contributed by atoms with Crippen molar-refractivity contribution in [2.75, 3.05) is 19.8 Å². The lowest BCUT2D eigenvalue weighted by molar-refractivity contribution is -0.137. The van der Waals surface area contributed by atoms with E-state index in [1.807, 2.05) is 4.57 Å².